The van der Waals surface area contributed by atoms with Crippen molar-refractivity contribution < 1.29 is 4.79 Å². The smallest absolute Gasteiger partial charge is 0.244 e. The van der Waals surface area contributed by atoms with E-state index in [4.69, 9.17) is 0 Å². The minimum atomic E-state index is -0.0196. The summed E-state index contributed by atoms with van der Waals surface area (Å²) in [5.41, 5.74) is 1.02. The molecule has 0 spiro atoms. The monoisotopic (exact) mass is 196 g/mol. The van der Waals surface area contributed by atoms with Crippen LogP contribution in [0.3, 0.4) is 0 Å². The molecule has 1 heterocycles. The van der Waals surface area contributed by atoms with Gasteiger partial charge in [-0.2, -0.15) is 0 Å². The highest BCUT2D eigenvalue weighted by Gasteiger charge is 2.27. The van der Waals surface area contributed by atoms with E-state index in [1.165, 1.54) is 0 Å². The first kappa shape index (κ1) is 11.2. The van der Waals surface area contributed by atoms with Crippen LogP contribution in [0.4, 0.5) is 0 Å². The summed E-state index contributed by atoms with van der Waals surface area (Å²) in [6, 6.07) is 0. The first-order valence-corrected chi connectivity index (χ1v) is 5.20. The summed E-state index contributed by atoms with van der Waals surface area (Å²) in [7, 11) is 0. The highest BCUT2D eigenvalue weighted by atomic mass is 16.1. The van der Waals surface area contributed by atoms with Gasteiger partial charge in [0.1, 0.15) is 0 Å². The molecule has 3 heteroatoms. The van der Waals surface area contributed by atoms with E-state index in [1.807, 2.05) is 13.8 Å². The molecule has 1 aliphatic heterocycles. The van der Waals surface area contributed by atoms with Crippen LogP contribution in [0.2, 0.25) is 0 Å². The van der Waals surface area contributed by atoms with Gasteiger partial charge < -0.3 is 10.6 Å². The third kappa shape index (κ3) is 3.50. The fourth-order valence-electron chi connectivity index (χ4n) is 1.70. The maximum absolute atomic E-state index is 11.5. The maximum atomic E-state index is 11.5. The molecule has 0 radical (unpaired) electrons. The molecule has 80 valence electrons. The van der Waals surface area contributed by atoms with Gasteiger partial charge in [0.25, 0.3) is 0 Å². The minimum absolute atomic E-state index is 0.0196. The van der Waals surface area contributed by atoms with Gasteiger partial charge in [0, 0.05) is 11.6 Å². The standard InChI is InChI=1S/C11H20N2O/c1-9(2)8-10(14)13-11(3)4-6-12-7-5-11/h8,12H,4-7H2,1-3H3,(H,13,14). The molecule has 3 nitrogen and oxygen atoms in total. The SMILES string of the molecule is CC(C)=CC(=O)NC1(C)CCNCC1. The van der Waals surface area contributed by atoms with Crippen molar-refractivity contribution in [3.8, 4) is 0 Å². The van der Waals surface area contributed by atoms with Crippen LogP contribution < -0.4 is 10.6 Å². The van der Waals surface area contributed by atoms with Crippen LogP contribution in [-0.4, -0.2) is 24.5 Å². The third-order valence-electron chi connectivity index (χ3n) is 2.55. The molecule has 1 fully saturated rings. The average molecular weight is 196 g/mol. The Balaban J connectivity index is 2.49. The Morgan fingerprint density at radius 1 is 1.36 bits per heavy atom. The van der Waals surface area contributed by atoms with Crippen molar-refractivity contribution in [1.29, 1.82) is 0 Å². The van der Waals surface area contributed by atoms with Crippen molar-refractivity contribution in [3.63, 3.8) is 0 Å². The number of nitrogens with one attached hydrogen (secondary N) is 2. The van der Waals surface area contributed by atoms with Crippen molar-refractivity contribution in [2.24, 2.45) is 0 Å². The molecule has 0 aromatic heterocycles. The van der Waals surface area contributed by atoms with Gasteiger partial charge in [-0.1, -0.05) is 5.57 Å². The highest BCUT2D eigenvalue weighted by molar-refractivity contribution is 5.88. The van der Waals surface area contributed by atoms with Gasteiger partial charge in [-0.05, 0) is 46.7 Å². The Hall–Kier alpha value is -0.830. The van der Waals surface area contributed by atoms with E-state index >= 15 is 0 Å². The summed E-state index contributed by atoms with van der Waals surface area (Å²) in [6.07, 6.45) is 3.68. The highest BCUT2D eigenvalue weighted by Crippen LogP contribution is 2.16. The van der Waals surface area contributed by atoms with Gasteiger partial charge in [-0.15, -0.1) is 0 Å². The molecule has 0 unspecified atom stereocenters. The Kier molecular flexibility index (Phi) is 3.69. The molecule has 0 atom stereocenters. The largest absolute Gasteiger partial charge is 0.347 e. The van der Waals surface area contributed by atoms with E-state index in [0.29, 0.717) is 0 Å². The molecule has 1 aliphatic rings. The number of piperidine rings is 1. The molecule has 0 aliphatic carbocycles. The molecule has 0 saturated carbocycles. The molecule has 1 saturated heterocycles. The Bertz CT molecular complexity index is 236. The predicted molar refractivity (Wildman–Crippen MR) is 58.1 cm³/mol. The number of allylic oxidation sites excluding steroid dienone is 1. The summed E-state index contributed by atoms with van der Waals surface area (Å²) in [6.45, 7) is 7.97. The first-order chi connectivity index (χ1) is 6.52. The summed E-state index contributed by atoms with van der Waals surface area (Å²) >= 11 is 0. The van der Waals surface area contributed by atoms with Gasteiger partial charge >= 0.3 is 0 Å². The van der Waals surface area contributed by atoms with Crippen LogP contribution in [0.1, 0.15) is 33.6 Å². The Labute approximate surface area is 86.0 Å². The molecular formula is C11H20N2O. The van der Waals surface area contributed by atoms with Gasteiger partial charge in [-0.3, -0.25) is 4.79 Å². The minimum Gasteiger partial charge on any atom is -0.347 e. The summed E-state index contributed by atoms with van der Waals surface area (Å²) in [5, 5.41) is 6.36. The lowest BCUT2D eigenvalue weighted by Crippen LogP contribution is -2.51. The van der Waals surface area contributed by atoms with Crippen molar-refractivity contribution in [1.82, 2.24) is 10.6 Å². The average Bonchev–Trinajstić information content (AvgIpc) is 2.02. The topological polar surface area (TPSA) is 41.1 Å². The van der Waals surface area contributed by atoms with E-state index in [2.05, 4.69) is 17.6 Å². The van der Waals surface area contributed by atoms with Gasteiger partial charge in [0.05, 0.1) is 0 Å². The van der Waals surface area contributed by atoms with Crippen molar-refractivity contribution in [2.75, 3.05) is 13.1 Å². The van der Waals surface area contributed by atoms with E-state index in [9.17, 15) is 4.79 Å². The summed E-state index contributed by atoms with van der Waals surface area (Å²) < 4.78 is 0. The fourth-order valence-corrected chi connectivity index (χ4v) is 1.70. The summed E-state index contributed by atoms with van der Waals surface area (Å²) in [4.78, 5) is 11.5. The molecule has 14 heavy (non-hydrogen) atoms. The van der Waals surface area contributed by atoms with Crippen LogP contribution in [0, 0.1) is 0 Å². The first-order valence-electron chi connectivity index (χ1n) is 5.20. The lowest BCUT2D eigenvalue weighted by atomic mass is 9.90. The van der Waals surface area contributed by atoms with Crippen LogP contribution in [-0.2, 0) is 4.79 Å². The van der Waals surface area contributed by atoms with Crippen molar-refractivity contribution in [2.45, 2.75) is 39.2 Å². The van der Waals surface area contributed by atoms with Crippen LogP contribution >= 0.6 is 0 Å². The van der Waals surface area contributed by atoms with Crippen LogP contribution in [0.15, 0.2) is 11.6 Å². The van der Waals surface area contributed by atoms with E-state index in [-0.39, 0.29) is 11.4 Å². The Morgan fingerprint density at radius 3 is 2.43 bits per heavy atom. The van der Waals surface area contributed by atoms with E-state index in [1.54, 1.807) is 6.08 Å². The quantitative estimate of drug-likeness (QED) is 0.652. The number of carbonyl (C=O) groups is 1. The van der Waals surface area contributed by atoms with Gasteiger partial charge in [-0.25, -0.2) is 0 Å². The van der Waals surface area contributed by atoms with Gasteiger partial charge in [0.2, 0.25) is 5.91 Å². The molecule has 0 aromatic rings. The predicted octanol–water partition coefficient (Wildman–Crippen LogP) is 1.21. The van der Waals surface area contributed by atoms with E-state index < -0.39 is 0 Å². The molecule has 1 amide bonds. The zero-order valence-electron chi connectivity index (χ0n) is 9.31. The van der Waals surface area contributed by atoms with E-state index in [0.717, 1.165) is 31.5 Å². The second-order valence-electron chi connectivity index (χ2n) is 4.52. The maximum Gasteiger partial charge on any atom is 0.244 e. The Morgan fingerprint density at radius 2 is 1.93 bits per heavy atom. The fraction of sp³-hybridized carbons (Fsp3) is 0.727. The number of carbonyl (C=O) groups excluding carboxylic acids is 1. The zero-order valence-corrected chi connectivity index (χ0v) is 9.31. The third-order valence-corrected chi connectivity index (χ3v) is 2.55. The molecule has 2 N–H and O–H groups in total. The molecule has 0 aromatic carbocycles. The normalized spacial score (nSPS) is 19.9. The molecular weight excluding hydrogens is 176 g/mol. The van der Waals surface area contributed by atoms with Crippen molar-refractivity contribution >= 4 is 5.91 Å². The van der Waals surface area contributed by atoms with Crippen LogP contribution in [0.5, 0.6) is 0 Å². The zero-order chi connectivity index (χ0) is 10.6. The van der Waals surface area contributed by atoms with Crippen molar-refractivity contribution in [3.05, 3.63) is 11.6 Å². The number of hydrogen-bond acceptors (Lipinski definition) is 2. The second-order valence-corrected chi connectivity index (χ2v) is 4.52. The number of rotatable bonds is 2. The molecule has 1 rings (SSSR count). The second kappa shape index (κ2) is 4.60. The number of amides is 1. The number of hydrogen-bond donors (Lipinski definition) is 2. The lowest BCUT2D eigenvalue weighted by molar-refractivity contribution is -0.118. The summed E-state index contributed by atoms with van der Waals surface area (Å²) in [5.74, 6) is 0.0365. The van der Waals surface area contributed by atoms with Crippen LogP contribution in [0.25, 0.3) is 0 Å². The van der Waals surface area contributed by atoms with Gasteiger partial charge in [0.15, 0.2) is 0 Å². The lowest BCUT2D eigenvalue weighted by Gasteiger charge is -2.34. The molecule has 0 bridgehead atoms.